The lowest BCUT2D eigenvalue weighted by Gasteiger charge is -2.29. The van der Waals surface area contributed by atoms with E-state index in [2.05, 4.69) is 20.9 Å². The molecular weight excluding hydrogens is 388 g/mol. The van der Waals surface area contributed by atoms with Gasteiger partial charge < -0.3 is 9.72 Å². The van der Waals surface area contributed by atoms with Gasteiger partial charge in [0.2, 0.25) is 5.88 Å². The van der Waals surface area contributed by atoms with Gasteiger partial charge in [-0.2, -0.15) is 0 Å². The average molecular weight is 423 g/mol. The van der Waals surface area contributed by atoms with Crippen LogP contribution in [0.1, 0.15) is 92.8 Å². The molecule has 0 aromatic carbocycles. The normalized spacial score (nSPS) is 21.0. The van der Waals surface area contributed by atoms with Crippen LogP contribution in [-0.4, -0.2) is 32.5 Å². The Morgan fingerprint density at radius 2 is 1.81 bits per heavy atom. The summed E-state index contributed by atoms with van der Waals surface area (Å²) in [6.07, 6.45) is 15.3. The zero-order valence-corrected chi connectivity index (χ0v) is 18.4. The highest BCUT2D eigenvalue weighted by molar-refractivity contribution is 5.23. The predicted molar refractivity (Wildman–Crippen MR) is 120 cm³/mol. The summed E-state index contributed by atoms with van der Waals surface area (Å²) >= 11 is 0. The second-order valence-electron chi connectivity index (χ2n) is 9.55. The SMILES string of the molecule is O=c1[nH]c(C2CCCCC2)nc2c1CN(Cc1ccc(OC3CCCCC3)nc1)CC2. The zero-order valence-electron chi connectivity index (χ0n) is 18.4. The number of ether oxygens (including phenoxy) is 1. The molecule has 1 aliphatic heterocycles. The number of nitrogens with zero attached hydrogens (tertiary/aromatic N) is 3. The number of hydrogen-bond donors (Lipinski definition) is 1. The molecule has 3 heterocycles. The molecule has 0 radical (unpaired) electrons. The lowest BCUT2D eigenvalue weighted by atomic mass is 9.88. The van der Waals surface area contributed by atoms with Crippen molar-refractivity contribution in [2.75, 3.05) is 6.54 Å². The standard InChI is InChI=1S/C25H34N4O2/c30-25-21-17-29(14-13-22(21)27-24(28-25)19-7-3-1-4-8-19)16-18-11-12-23(26-15-18)31-20-9-5-2-6-10-20/h11-12,15,19-20H,1-10,13-14,16-17H2,(H,27,28,30). The van der Waals surface area contributed by atoms with Crippen molar-refractivity contribution in [1.82, 2.24) is 19.9 Å². The smallest absolute Gasteiger partial charge is 0.255 e. The summed E-state index contributed by atoms with van der Waals surface area (Å²) < 4.78 is 6.05. The first-order valence-electron chi connectivity index (χ1n) is 12.2. The number of nitrogens with one attached hydrogen (secondary N) is 1. The second-order valence-corrected chi connectivity index (χ2v) is 9.55. The van der Waals surface area contributed by atoms with Gasteiger partial charge in [0.25, 0.3) is 5.56 Å². The molecule has 0 unspecified atom stereocenters. The lowest BCUT2D eigenvalue weighted by molar-refractivity contribution is 0.148. The number of rotatable bonds is 5. The zero-order chi connectivity index (χ0) is 21.0. The van der Waals surface area contributed by atoms with Crippen molar-refractivity contribution >= 4 is 0 Å². The van der Waals surface area contributed by atoms with Crippen LogP contribution in [-0.2, 0) is 19.5 Å². The van der Waals surface area contributed by atoms with Gasteiger partial charge >= 0.3 is 0 Å². The first-order chi connectivity index (χ1) is 15.2. The first-order valence-corrected chi connectivity index (χ1v) is 12.2. The van der Waals surface area contributed by atoms with Crippen molar-refractivity contribution in [3.05, 3.63) is 51.3 Å². The highest BCUT2D eigenvalue weighted by Gasteiger charge is 2.24. The lowest BCUT2D eigenvalue weighted by Crippen LogP contribution is -2.36. The van der Waals surface area contributed by atoms with E-state index in [0.29, 0.717) is 18.6 Å². The summed E-state index contributed by atoms with van der Waals surface area (Å²) in [5, 5.41) is 0. The van der Waals surface area contributed by atoms with E-state index in [0.717, 1.165) is 73.7 Å². The molecule has 6 nitrogen and oxygen atoms in total. The molecule has 0 atom stereocenters. The van der Waals surface area contributed by atoms with Gasteiger partial charge in [0.1, 0.15) is 11.9 Å². The predicted octanol–water partition coefficient (Wildman–Crippen LogP) is 4.48. The van der Waals surface area contributed by atoms with Crippen LogP contribution in [0.2, 0.25) is 0 Å². The van der Waals surface area contributed by atoms with Crippen molar-refractivity contribution in [3.8, 4) is 5.88 Å². The second kappa shape index (κ2) is 9.51. The van der Waals surface area contributed by atoms with Gasteiger partial charge in [-0.25, -0.2) is 9.97 Å². The van der Waals surface area contributed by atoms with E-state index < -0.39 is 0 Å². The van der Waals surface area contributed by atoms with E-state index in [4.69, 9.17) is 9.72 Å². The molecule has 5 rings (SSSR count). The Morgan fingerprint density at radius 1 is 1.03 bits per heavy atom. The molecule has 0 amide bonds. The molecule has 166 valence electrons. The van der Waals surface area contributed by atoms with Crippen LogP contribution >= 0.6 is 0 Å². The maximum atomic E-state index is 12.8. The van der Waals surface area contributed by atoms with Crippen molar-refractivity contribution in [2.24, 2.45) is 0 Å². The molecule has 2 aromatic rings. The molecule has 2 saturated carbocycles. The molecule has 31 heavy (non-hydrogen) atoms. The van der Waals surface area contributed by atoms with Crippen molar-refractivity contribution in [3.63, 3.8) is 0 Å². The molecule has 2 fully saturated rings. The maximum Gasteiger partial charge on any atom is 0.255 e. The van der Waals surface area contributed by atoms with Crippen LogP contribution in [0, 0.1) is 0 Å². The third-order valence-electron chi connectivity index (χ3n) is 7.20. The highest BCUT2D eigenvalue weighted by atomic mass is 16.5. The Kier molecular flexibility index (Phi) is 6.35. The fourth-order valence-electron chi connectivity index (χ4n) is 5.39. The van der Waals surface area contributed by atoms with E-state index in [-0.39, 0.29) is 5.56 Å². The van der Waals surface area contributed by atoms with Gasteiger partial charge in [0, 0.05) is 44.2 Å². The third kappa shape index (κ3) is 5.00. The van der Waals surface area contributed by atoms with Gasteiger partial charge in [-0.1, -0.05) is 31.7 Å². The summed E-state index contributed by atoms with van der Waals surface area (Å²) in [6, 6.07) is 4.10. The van der Waals surface area contributed by atoms with Crippen LogP contribution in [0.3, 0.4) is 0 Å². The molecule has 1 N–H and O–H groups in total. The summed E-state index contributed by atoms with van der Waals surface area (Å²) in [6.45, 7) is 2.37. The molecule has 0 spiro atoms. The minimum atomic E-state index is 0.0598. The summed E-state index contributed by atoms with van der Waals surface area (Å²) in [5.74, 6) is 2.09. The van der Waals surface area contributed by atoms with Crippen molar-refractivity contribution in [2.45, 2.75) is 95.7 Å². The molecule has 0 saturated heterocycles. The number of pyridine rings is 1. The summed E-state index contributed by atoms with van der Waals surface area (Å²) in [7, 11) is 0. The van der Waals surface area contributed by atoms with Crippen molar-refractivity contribution < 1.29 is 4.74 Å². The molecular formula is C25H34N4O2. The van der Waals surface area contributed by atoms with E-state index in [1.165, 1.54) is 38.5 Å². The van der Waals surface area contributed by atoms with Gasteiger partial charge in [-0.05, 0) is 44.1 Å². The van der Waals surface area contributed by atoms with E-state index in [1.807, 2.05) is 12.3 Å². The largest absolute Gasteiger partial charge is 0.474 e. The first kappa shape index (κ1) is 20.7. The topological polar surface area (TPSA) is 71.1 Å². The maximum absolute atomic E-state index is 12.8. The fraction of sp³-hybridized carbons (Fsp3) is 0.640. The molecule has 2 aromatic heterocycles. The number of hydrogen-bond acceptors (Lipinski definition) is 5. The number of fused-ring (bicyclic) bond motifs is 1. The molecule has 2 aliphatic carbocycles. The third-order valence-corrected chi connectivity index (χ3v) is 7.20. The summed E-state index contributed by atoms with van der Waals surface area (Å²) in [5.41, 5.74) is 3.07. The van der Waals surface area contributed by atoms with E-state index in [1.54, 1.807) is 0 Å². The average Bonchev–Trinajstić information content (AvgIpc) is 2.82. The molecule has 6 heteroatoms. The quantitative estimate of drug-likeness (QED) is 0.769. The van der Waals surface area contributed by atoms with Crippen LogP contribution in [0.15, 0.2) is 23.1 Å². The monoisotopic (exact) mass is 422 g/mol. The van der Waals surface area contributed by atoms with Crippen LogP contribution in [0.5, 0.6) is 5.88 Å². The number of H-pyrrole nitrogens is 1. The number of aromatic nitrogens is 3. The Balaban J connectivity index is 1.21. The van der Waals surface area contributed by atoms with Gasteiger partial charge in [-0.15, -0.1) is 0 Å². The Bertz CT molecular complexity index is 928. The Morgan fingerprint density at radius 3 is 2.55 bits per heavy atom. The minimum absolute atomic E-state index is 0.0598. The van der Waals surface area contributed by atoms with Gasteiger partial charge in [-0.3, -0.25) is 9.69 Å². The minimum Gasteiger partial charge on any atom is -0.474 e. The fourth-order valence-corrected chi connectivity index (χ4v) is 5.39. The Labute approximate surface area is 184 Å². The molecule has 0 bridgehead atoms. The van der Waals surface area contributed by atoms with Crippen LogP contribution in [0.25, 0.3) is 0 Å². The van der Waals surface area contributed by atoms with E-state index >= 15 is 0 Å². The van der Waals surface area contributed by atoms with Crippen molar-refractivity contribution in [1.29, 1.82) is 0 Å². The van der Waals surface area contributed by atoms with E-state index in [9.17, 15) is 4.79 Å². The summed E-state index contributed by atoms with van der Waals surface area (Å²) in [4.78, 5) is 27.7. The number of aromatic amines is 1. The van der Waals surface area contributed by atoms with Crippen LogP contribution < -0.4 is 10.3 Å². The van der Waals surface area contributed by atoms with Gasteiger partial charge in [0.05, 0.1) is 11.3 Å². The van der Waals surface area contributed by atoms with Gasteiger partial charge in [0.15, 0.2) is 0 Å². The Hall–Kier alpha value is -2.21. The van der Waals surface area contributed by atoms with Crippen LogP contribution in [0.4, 0.5) is 0 Å². The highest BCUT2D eigenvalue weighted by Crippen LogP contribution is 2.31. The molecule has 3 aliphatic rings.